The molecule has 0 saturated carbocycles. The van der Waals surface area contributed by atoms with Crippen molar-refractivity contribution in [2.75, 3.05) is 18.4 Å². The molecule has 1 aliphatic heterocycles. The molecule has 0 aliphatic carbocycles. The number of hydrogen-bond donors (Lipinski definition) is 2. The van der Waals surface area contributed by atoms with Gasteiger partial charge in [-0.3, -0.25) is 14.5 Å². The predicted molar refractivity (Wildman–Crippen MR) is 103 cm³/mol. The summed E-state index contributed by atoms with van der Waals surface area (Å²) in [4.78, 5) is 30.2. The van der Waals surface area contributed by atoms with E-state index < -0.39 is 11.6 Å². The van der Waals surface area contributed by atoms with Gasteiger partial charge in [0.2, 0.25) is 5.91 Å². The molecule has 1 aromatic heterocycles. The van der Waals surface area contributed by atoms with Crippen molar-refractivity contribution in [2.24, 2.45) is 0 Å². The molecule has 7 heteroatoms. The Kier molecular flexibility index (Phi) is 4.68. The lowest BCUT2D eigenvalue weighted by molar-refractivity contribution is -0.117. The Morgan fingerprint density at radius 2 is 2.07 bits per heavy atom. The minimum absolute atomic E-state index is 0.0593. The van der Waals surface area contributed by atoms with Gasteiger partial charge in [-0.25, -0.2) is 8.78 Å². The first-order chi connectivity index (χ1) is 13.4. The Hall–Kier alpha value is -3.06. The minimum Gasteiger partial charge on any atom is -0.358 e. The number of hydrogen-bond acceptors (Lipinski definition) is 3. The molecule has 3 aromatic rings. The molecule has 1 aliphatic rings. The topological polar surface area (TPSA) is 65.2 Å². The Labute approximate surface area is 160 Å². The number of halogens is 2. The van der Waals surface area contributed by atoms with E-state index in [-0.39, 0.29) is 29.8 Å². The molecule has 144 valence electrons. The van der Waals surface area contributed by atoms with Crippen molar-refractivity contribution in [2.45, 2.75) is 19.9 Å². The number of aromatic nitrogens is 1. The van der Waals surface area contributed by atoms with Gasteiger partial charge < -0.3 is 10.3 Å². The highest BCUT2D eigenvalue weighted by Gasteiger charge is 2.24. The van der Waals surface area contributed by atoms with E-state index in [1.807, 2.05) is 11.8 Å². The van der Waals surface area contributed by atoms with Gasteiger partial charge in [0.1, 0.15) is 11.6 Å². The average molecular weight is 383 g/mol. The van der Waals surface area contributed by atoms with Crippen LogP contribution < -0.4 is 10.7 Å². The Morgan fingerprint density at radius 1 is 1.25 bits per heavy atom. The zero-order valence-corrected chi connectivity index (χ0v) is 15.3. The highest BCUT2D eigenvalue weighted by molar-refractivity contribution is 5.92. The number of benzene rings is 2. The molecule has 0 spiro atoms. The zero-order valence-electron chi connectivity index (χ0n) is 15.3. The summed E-state index contributed by atoms with van der Waals surface area (Å²) in [5.74, 6) is -1.28. The third-order valence-electron chi connectivity index (χ3n) is 5.04. The Morgan fingerprint density at radius 3 is 2.86 bits per heavy atom. The van der Waals surface area contributed by atoms with Crippen molar-refractivity contribution in [1.29, 1.82) is 0 Å². The Bertz CT molecular complexity index is 1140. The molecule has 2 aromatic carbocycles. The van der Waals surface area contributed by atoms with Crippen LogP contribution in [0.15, 0.2) is 41.2 Å². The molecule has 4 rings (SSSR count). The van der Waals surface area contributed by atoms with E-state index in [1.54, 1.807) is 12.1 Å². The van der Waals surface area contributed by atoms with Gasteiger partial charge in [-0.05, 0) is 36.8 Å². The molecule has 0 atom stereocenters. The average Bonchev–Trinajstić information content (AvgIpc) is 2.65. The van der Waals surface area contributed by atoms with E-state index in [1.165, 1.54) is 24.3 Å². The molecule has 0 radical (unpaired) electrons. The molecule has 0 saturated heterocycles. The summed E-state index contributed by atoms with van der Waals surface area (Å²) in [7, 11) is 0. The van der Waals surface area contributed by atoms with Crippen molar-refractivity contribution in [3.63, 3.8) is 0 Å². The number of aryl methyl sites for hydroxylation is 1. The van der Waals surface area contributed by atoms with E-state index >= 15 is 0 Å². The lowest BCUT2D eigenvalue weighted by atomic mass is 10.0. The number of rotatable bonds is 3. The zero-order chi connectivity index (χ0) is 19.8. The number of H-pyrrole nitrogens is 1. The molecule has 28 heavy (non-hydrogen) atoms. The number of aromatic amines is 1. The second-order valence-corrected chi connectivity index (χ2v) is 7.04. The molecular weight excluding hydrogens is 364 g/mol. The third kappa shape index (κ3) is 3.41. The fourth-order valence-corrected chi connectivity index (χ4v) is 3.64. The van der Waals surface area contributed by atoms with Crippen LogP contribution in [-0.4, -0.2) is 28.9 Å². The Balaban J connectivity index is 1.56. The molecule has 2 N–H and O–H groups in total. The summed E-state index contributed by atoms with van der Waals surface area (Å²) < 4.78 is 27.5. The first-order valence-electron chi connectivity index (χ1n) is 9.03. The first kappa shape index (κ1) is 18.3. The van der Waals surface area contributed by atoms with Gasteiger partial charge in [0.25, 0.3) is 0 Å². The molecule has 5 nitrogen and oxygen atoms in total. The second-order valence-electron chi connectivity index (χ2n) is 7.04. The maximum atomic E-state index is 14.3. The van der Waals surface area contributed by atoms with Crippen molar-refractivity contribution in [3.8, 4) is 0 Å². The van der Waals surface area contributed by atoms with Crippen LogP contribution in [0.25, 0.3) is 10.9 Å². The summed E-state index contributed by atoms with van der Waals surface area (Å²) in [6, 6.07) is 8.61. The number of pyridine rings is 1. The van der Waals surface area contributed by atoms with Crippen molar-refractivity contribution in [3.05, 3.63) is 75.1 Å². The van der Waals surface area contributed by atoms with E-state index in [0.717, 1.165) is 11.3 Å². The van der Waals surface area contributed by atoms with Gasteiger partial charge in [-0.15, -0.1) is 0 Å². The van der Waals surface area contributed by atoms with Crippen LogP contribution >= 0.6 is 0 Å². The van der Waals surface area contributed by atoms with Crippen LogP contribution in [0.5, 0.6) is 0 Å². The molecule has 0 bridgehead atoms. The predicted octanol–water partition coefficient (Wildman–Crippen LogP) is 3.11. The highest BCUT2D eigenvalue weighted by Crippen LogP contribution is 2.22. The second kappa shape index (κ2) is 7.16. The molecule has 1 amide bonds. The van der Waals surface area contributed by atoms with Gasteiger partial charge in [-0.2, -0.15) is 0 Å². The van der Waals surface area contributed by atoms with Gasteiger partial charge in [0.05, 0.1) is 17.4 Å². The summed E-state index contributed by atoms with van der Waals surface area (Å²) >= 11 is 0. The fraction of sp³-hybridized carbons (Fsp3) is 0.238. The molecule has 0 fully saturated rings. The van der Waals surface area contributed by atoms with Crippen LogP contribution in [0.4, 0.5) is 14.5 Å². The number of nitrogens with zero attached hydrogens (tertiary/aromatic N) is 1. The standard InChI is InChI=1S/C21H19F2N3O2/c1-12-5-6-16(23)19-20(12)25-17-7-8-26(10-15(17)21(19)28)11-18(27)24-14-4-2-3-13(22)9-14/h2-6,9H,7-8,10-11H2,1H3,(H,24,27)(H,25,28). The van der Waals surface area contributed by atoms with E-state index in [0.29, 0.717) is 29.7 Å². The van der Waals surface area contributed by atoms with Crippen LogP contribution in [0.1, 0.15) is 16.8 Å². The van der Waals surface area contributed by atoms with Crippen LogP contribution in [0.2, 0.25) is 0 Å². The number of fused-ring (bicyclic) bond motifs is 2. The van der Waals surface area contributed by atoms with E-state index in [9.17, 15) is 18.4 Å². The van der Waals surface area contributed by atoms with Gasteiger partial charge in [0, 0.05) is 36.5 Å². The number of carbonyl (C=O) groups excluding carboxylic acids is 1. The summed E-state index contributed by atoms with van der Waals surface area (Å²) in [6.45, 7) is 2.73. The quantitative estimate of drug-likeness (QED) is 0.731. The molecule has 0 unspecified atom stereocenters. The van der Waals surface area contributed by atoms with Crippen LogP contribution in [-0.2, 0) is 17.8 Å². The van der Waals surface area contributed by atoms with Crippen molar-refractivity contribution >= 4 is 22.5 Å². The minimum atomic E-state index is -0.550. The smallest absolute Gasteiger partial charge is 0.238 e. The van der Waals surface area contributed by atoms with E-state index in [4.69, 9.17) is 0 Å². The number of carbonyl (C=O) groups is 1. The molecular formula is C21H19F2N3O2. The van der Waals surface area contributed by atoms with Gasteiger partial charge >= 0.3 is 0 Å². The van der Waals surface area contributed by atoms with E-state index in [2.05, 4.69) is 10.3 Å². The van der Waals surface area contributed by atoms with Gasteiger partial charge in [-0.1, -0.05) is 12.1 Å². The maximum absolute atomic E-state index is 14.3. The monoisotopic (exact) mass is 383 g/mol. The van der Waals surface area contributed by atoms with Crippen molar-refractivity contribution < 1.29 is 13.6 Å². The lowest BCUT2D eigenvalue weighted by Gasteiger charge is -2.28. The summed E-state index contributed by atoms with van der Waals surface area (Å²) in [5.41, 5.74) is 2.66. The normalized spacial score (nSPS) is 14.1. The van der Waals surface area contributed by atoms with Gasteiger partial charge in [0.15, 0.2) is 5.43 Å². The lowest BCUT2D eigenvalue weighted by Crippen LogP contribution is -2.39. The molecule has 2 heterocycles. The fourth-order valence-electron chi connectivity index (χ4n) is 3.64. The SMILES string of the molecule is Cc1ccc(F)c2c(=O)c3c([nH]c12)CCN(CC(=O)Nc1cccc(F)c1)C3. The van der Waals surface area contributed by atoms with Crippen LogP contribution in [0, 0.1) is 18.6 Å². The summed E-state index contributed by atoms with van der Waals surface area (Å²) in [6.07, 6.45) is 0.559. The summed E-state index contributed by atoms with van der Waals surface area (Å²) in [5, 5.41) is 2.71. The third-order valence-corrected chi connectivity index (χ3v) is 5.04. The first-order valence-corrected chi connectivity index (χ1v) is 9.03. The largest absolute Gasteiger partial charge is 0.358 e. The number of anilines is 1. The number of nitrogens with one attached hydrogen (secondary N) is 2. The van der Waals surface area contributed by atoms with Crippen LogP contribution in [0.3, 0.4) is 0 Å². The number of amides is 1. The highest BCUT2D eigenvalue weighted by atomic mass is 19.1. The van der Waals surface area contributed by atoms with Crippen molar-refractivity contribution in [1.82, 2.24) is 9.88 Å². The maximum Gasteiger partial charge on any atom is 0.238 e.